The van der Waals surface area contributed by atoms with Gasteiger partial charge in [-0.15, -0.1) is 0 Å². The third-order valence-electron chi connectivity index (χ3n) is 5.53. The van der Waals surface area contributed by atoms with Crippen molar-refractivity contribution in [1.82, 2.24) is 0 Å². The van der Waals surface area contributed by atoms with Crippen LogP contribution >= 0.6 is 0 Å². The van der Waals surface area contributed by atoms with E-state index in [1.54, 1.807) is 14.2 Å². The minimum Gasteiger partial charge on any atom is -0.493 e. The van der Waals surface area contributed by atoms with Crippen LogP contribution in [0.25, 0.3) is 0 Å². The lowest BCUT2D eigenvalue weighted by Crippen LogP contribution is -2.42. The highest BCUT2D eigenvalue weighted by Crippen LogP contribution is 2.58. The summed E-state index contributed by atoms with van der Waals surface area (Å²) in [6.07, 6.45) is 7.62. The van der Waals surface area contributed by atoms with Gasteiger partial charge < -0.3 is 14.2 Å². The van der Waals surface area contributed by atoms with Gasteiger partial charge in [-0.3, -0.25) is 0 Å². The number of methoxy groups -OCH3 is 2. The molecule has 1 aliphatic carbocycles. The molecule has 2 bridgehead atoms. The smallest absolute Gasteiger partial charge is 0.164 e. The van der Waals surface area contributed by atoms with Gasteiger partial charge in [0.15, 0.2) is 11.5 Å². The van der Waals surface area contributed by atoms with Crippen molar-refractivity contribution in [1.29, 1.82) is 0 Å². The van der Waals surface area contributed by atoms with Gasteiger partial charge in [-0.1, -0.05) is 18.9 Å². The summed E-state index contributed by atoms with van der Waals surface area (Å²) in [4.78, 5) is 0. The molecule has 1 aromatic carbocycles. The van der Waals surface area contributed by atoms with Crippen molar-refractivity contribution in [2.75, 3.05) is 14.2 Å². The van der Waals surface area contributed by atoms with Crippen LogP contribution in [0.4, 0.5) is 0 Å². The summed E-state index contributed by atoms with van der Waals surface area (Å²) >= 11 is 0. The highest BCUT2D eigenvalue weighted by atomic mass is 16.5. The number of ether oxygens (including phenoxy) is 3. The molecule has 0 amide bonds. The minimum atomic E-state index is 0.0789. The molecule has 1 aromatic rings. The average Bonchev–Trinajstić information content (AvgIpc) is 2.79. The maximum absolute atomic E-state index is 6.49. The van der Waals surface area contributed by atoms with Gasteiger partial charge in [-0.25, -0.2) is 0 Å². The van der Waals surface area contributed by atoms with E-state index in [0.717, 1.165) is 23.8 Å². The summed E-state index contributed by atoms with van der Waals surface area (Å²) in [5.74, 6) is 2.49. The molecule has 3 aliphatic rings. The zero-order chi connectivity index (χ0) is 13.7. The van der Waals surface area contributed by atoms with Crippen LogP contribution in [-0.2, 0) is 11.2 Å². The van der Waals surface area contributed by atoms with Gasteiger partial charge in [-0.2, -0.15) is 0 Å². The van der Waals surface area contributed by atoms with Crippen molar-refractivity contribution in [3.05, 3.63) is 23.3 Å². The van der Waals surface area contributed by atoms with Gasteiger partial charge in [0.25, 0.3) is 0 Å². The van der Waals surface area contributed by atoms with Crippen LogP contribution in [-0.4, -0.2) is 19.8 Å². The van der Waals surface area contributed by atoms with E-state index in [2.05, 4.69) is 6.07 Å². The molecule has 0 unspecified atom stereocenters. The molecule has 0 N–H and O–H groups in total. The second-order valence-corrected chi connectivity index (χ2v) is 6.40. The molecular formula is C17H22O3. The molecule has 2 heterocycles. The summed E-state index contributed by atoms with van der Waals surface area (Å²) in [7, 11) is 3.45. The average molecular weight is 274 g/mol. The fourth-order valence-corrected chi connectivity index (χ4v) is 4.61. The zero-order valence-corrected chi connectivity index (χ0v) is 12.3. The lowest BCUT2D eigenvalue weighted by Gasteiger charge is -2.41. The molecule has 3 atom stereocenters. The Hall–Kier alpha value is -1.22. The topological polar surface area (TPSA) is 27.7 Å². The first-order valence-corrected chi connectivity index (χ1v) is 7.69. The zero-order valence-electron chi connectivity index (χ0n) is 12.3. The van der Waals surface area contributed by atoms with E-state index in [4.69, 9.17) is 14.2 Å². The van der Waals surface area contributed by atoms with Crippen LogP contribution in [0.5, 0.6) is 11.5 Å². The summed E-state index contributed by atoms with van der Waals surface area (Å²) in [5.41, 5.74) is 2.73. The Kier molecular flexibility index (Phi) is 2.75. The first-order chi connectivity index (χ1) is 9.77. The van der Waals surface area contributed by atoms with Gasteiger partial charge in [-0.05, 0) is 36.8 Å². The fraction of sp³-hybridized carbons (Fsp3) is 0.647. The molecule has 2 aliphatic heterocycles. The molecule has 108 valence electrons. The largest absolute Gasteiger partial charge is 0.493 e. The van der Waals surface area contributed by atoms with Crippen molar-refractivity contribution >= 4 is 0 Å². The molecule has 1 saturated heterocycles. The van der Waals surface area contributed by atoms with Gasteiger partial charge in [0.1, 0.15) is 0 Å². The van der Waals surface area contributed by atoms with Crippen molar-refractivity contribution in [2.45, 2.75) is 50.2 Å². The second-order valence-electron chi connectivity index (χ2n) is 6.40. The third-order valence-corrected chi connectivity index (χ3v) is 5.53. The monoisotopic (exact) mass is 274 g/mol. The minimum absolute atomic E-state index is 0.0789. The highest BCUT2D eigenvalue weighted by Gasteiger charge is 2.53. The summed E-state index contributed by atoms with van der Waals surface area (Å²) in [6, 6.07) is 4.19. The van der Waals surface area contributed by atoms with Crippen molar-refractivity contribution < 1.29 is 14.2 Å². The maximum Gasteiger partial charge on any atom is 0.164 e. The van der Waals surface area contributed by atoms with Crippen LogP contribution in [0.3, 0.4) is 0 Å². The Morgan fingerprint density at radius 1 is 1.20 bits per heavy atom. The van der Waals surface area contributed by atoms with Crippen molar-refractivity contribution in [3.8, 4) is 11.5 Å². The molecule has 3 heteroatoms. The predicted molar refractivity (Wildman–Crippen MR) is 76.4 cm³/mol. The lowest BCUT2D eigenvalue weighted by molar-refractivity contribution is -0.0873. The van der Waals surface area contributed by atoms with Crippen LogP contribution in [0, 0.1) is 5.92 Å². The predicted octanol–water partition coefficient (Wildman–Crippen LogP) is 3.65. The number of fused-ring (bicyclic) bond motifs is 3. The number of rotatable bonds is 2. The van der Waals surface area contributed by atoms with E-state index in [1.165, 1.54) is 43.2 Å². The standard InChI is InChI=1S/C17H22O3/c1-18-14-7-6-12-13(16(14)19-2)10-17-8-4-3-5-11(17)9-15(12)20-17/h6-7,11,15H,3-5,8-10H2,1-2H3/t11-,15+,17+/m0/s1. The molecule has 2 fully saturated rings. The van der Waals surface area contributed by atoms with E-state index in [1.807, 2.05) is 6.07 Å². The van der Waals surface area contributed by atoms with E-state index in [9.17, 15) is 0 Å². The molecule has 1 saturated carbocycles. The molecule has 0 radical (unpaired) electrons. The Balaban J connectivity index is 1.83. The number of benzene rings is 1. The third kappa shape index (κ3) is 1.56. The maximum atomic E-state index is 6.49. The van der Waals surface area contributed by atoms with E-state index in [-0.39, 0.29) is 11.7 Å². The summed E-state index contributed by atoms with van der Waals surface area (Å²) in [6.45, 7) is 0. The normalized spacial score (nSPS) is 34.3. The molecular weight excluding hydrogens is 252 g/mol. The second kappa shape index (κ2) is 4.39. The summed E-state index contributed by atoms with van der Waals surface area (Å²) < 4.78 is 17.6. The first-order valence-electron chi connectivity index (χ1n) is 7.69. The number of hydrogen-bond acceptors (Lipinski definition) is 3. The molecule has 0 aromatic heterocycles. The summed E-state index contributed by atoms with van der Waals surface area (Å²) in [5, 5.41) is 0. The molecule has 3 nitrogen and oxygen atoms in total. The molecule has 20 heavy (non-hydrogen) atoms. The quantitative estimate of drug-likeness (QED) is 0.824. The van der Waals surface area contributed by atoms with E-state index < -0.39 is 0 Å². The highest BCUT2D eigenvalue weighted by molar-refractivity contribution is 5.54. The van der Waals surface area contributed by atoms with Gasteiger partial charge >= 0.3 is 0 Å². The van der Waals surface area contributed by atoms with Gasteiger partial charge in [0.2, 0.25) is 0 Å². The molecule has 1 spiro atoms. The number of hydrogen-bond donors (Lipinski definition) is 0. The van der Waals surface area contributed by atoms with Gasteiger partial charge in [0, 0.05) is 12.0 Å². The van der Waals surface area contributed by atoms with Crippen LogP contribution in [0.15, 0.2) is 12.1 Å². The van der Waals surface area contributed by atoms with Crippen LogP contribution in [0.2, 0.25) is 0 Å². The van der Waals surface area contributed by atoms with Gasteiger partial charge in [0.05, 0.1) is 25.9 Å². The Bertz CT molecular complexity index is 539. The lowest BCUT2D eigenvalue weighted by atomic mass is 9.73. The van der Waals surface area contributed by atoms with E-state index >= 15 is 0 Å². The molecule has 4 rings (SSSR count). The van der Waals surface area contributed by atoms with Crippen LogP contribution in [0.1, 0.15) is 49.3 Å². The Morgan fingerprint density at radius 3 is 2.90 bits per heavy atom. The first kappa shape index (κ1) is 12.5. The SMILES string of the molecule is COc1ccc2c(c1OC)C[C@]13CCCC[C@H]1C[C@H]2O3. The fourth-order valence-electron chi connectivity index (χ4n) is 4.61. The van der Waals surface area contributed by atoms with E-state index in [0.29, 0.717) is 0 Å². The van der Waals surface area contributed by atoms with Crippen molar-refractivity contribution in [3.63, 3.8) is 0 Å². The Labute approximate surface area is 120 Å². The van der Waals surface area contributed by atoms with Crippen LogP contribution < -0.4 is 9.47 Å². The Morgan fingerprint density at radius 2 is 2.10 bits per heavy atom. The van der Waals surface area contributed by atoms with Crippen molar-refractivity contribution in [2.24, 2.45) is 5.92 Å².